The van der Waals surface area contributed by atoms with E-state index in [2.05, 4.69) is 25.3 Å². The standard InChI is InChI=1S/C9H18N6O2S/c1-3-11-7-6-8(15-9(10)14-7)12-4-5-13-18(2,16)17/h6,13H,3-5H2,1-2H3,(H4,10,11,12,14,15). The Morgan fingerprint density at radius 3 is 2.39 bits per heavy atom. The molecule has 0 spiro atoms. The number of hydrogen-bond acceptors (Lipinski definition) is 7. The van der Waals surface area contributed by atoms with E-state index >= 15 is 0 Å². The average Bonchev–Trinajstić information content (AvgIpc) is 2.23. The molecule has 0 bridgehead atoms. The lowest BCUT2D eigenvalue weighted by Gasteiger charge is -2.09. The van der Waals surface area contributed by atoms with Gasteiger partial charge in [0.25, 0.3) is 0 Å². The fourth-order valence-electron chi connectivity index (χ4n) is 1.26. The van der Waals surface area contributed by atoms with E-state index in [1.165, 1.54) is 0 Å². The third-order valence-corrected chi connectivity index (χ3v) is 2.63. The molecule has 1 heterocycles. The summed E-state index contributed by atoms with van der Waals surface area (Å²) in [5.74, 6) is 1.34. The van der Waals surface area contributed by atoms with Crippen molar-refractivity contribution in [3.05, 3.63) is 6.07 Å². The number of nitrogen functional groups attached to an aromatic ring is 1. The van der Waals surface area contributed by atoms with Gasteiger partial charge in [0.15, 0.2) is 0 Å². The molecule has 0 atom stereocenters. The minimum Gasteiger partial charge on any atom is -0.370 e. The first-order valence-corrected chi connectivity index (χ1v) is 7.37. The molecule has 0 saturated carbocycles. The minimum atomic E-state index is -3.16. The molecule has 1 aromatic rings. The maximum Gasteiger partial charge on any atom is 0.223 e. The molecule has 0 aromatic carbocycles. The van der Waals surface area contributed by atoms with E-state index in [-0.39, 0.29) is 12.5 Å². The molecule has 0 aliphatic rings. The highest BCUT2D eigenvalue weighted by Gasteiger charge is 2.02. The molecule has 0 radical (unpaired) electrons. The summed E-state index contributed by atoms with van der Waals surface area (Å²) in [5, 5.41) is 5.98. The fourth-order valence-corrected chi connectivity index (χ4v) is 1.73. The number of nitrogens with one attached hydrogen (secondary N) is 3. The van der Waals surface area contributed by atoms with E-state index in [4.69, 9.17) is 5.73 Å². The van der Waals surface area contributed by atoms with E-state index in [9.17, 15) is 8.42 Å². The maximum atomic E-state index is 10.8. The zero-order chi connectivity index (χ0) is 13.6. The number of hydrogen-bond donors (Lipinski definition) is 4. The monoisotopic (exact) mass is 274 g/mol. The Bertz CT molecular complexity index is 490. The Hall–Kier alpha value is -1.61. The van der Waals surface area contributed by atoms with Crippen LogP contribution in [0.5, 0.6) is 0 Å². The number of sulfonamides is 1. The van der Waals surface area contributed by atoms with Crippen LogP contribution in [0.1, 0.15) is 6.92 Å². The lowest BCUT2D eigenvalue weighted by atomic mass is 10.5. The van der Waals surface area contributed by atoms with Crippen molar-refractivity contribution in [3.8, 4) is 0 Å². The lowest BCUT2D eigenvalue weighted by molar-refractivity contribution is 0.589. The highest BCUT2D eigenvalue weighted by atomic mass is 32.2. The van der Waals surface area contributed by atoms with Crippen molar-refractivity contribution in [2.45, 2.75) is 6.92 Å². The zero-order valence-electron chi connectivity index (χ0n) is 10.4. The Labute approximate surface area is 106 Å². The van der Waals surface area contributed by atoms with E-state index in [0.29, 0.717) is 18.2 Å². The van der Waals surface area contributed by atoms with Gasteiger partial charge in [0.2, 0.25) is 16.0 Å². The number of nitrogens with zero attached hydrogens (tertiary/aromatic N) is 2. The summed E-state index contributed by atoms with van der Waals surface area (Å²) >= 11 is 0. The molecule has 18 heavy (non-hydrogen) atoms. The number of aromatic nitrogens is 2. The maximum absolute atomic E-state index is 10.8. The summed E-state index contributed by atoms with van der Waals surface area (Å²) in [6.45, 7) is 3.36. The van der Waals surface area contributed by atoms with Gasteiger partial charge in [0, 0.05) is 25.7 Å². The third kappa shape index (κ3) is 5.64. The zero-order valence-corrected chi connectivity index (χ0v) is 11.2. The second-order valence-corrected chi connectivity index (χ2v) is 5.45. The summed E-state index contributed by atoms with van der Waals surface area (Å²) in [4.78, 5) is 7.98. The first-order valence-electron chi connectivity index (χ1n) is 5.47. The van der Waals surface area contributed by atoms with Crippen molar-refractivity contribution in [3.63, 3.8) is 0 Å². The Morgan fingerprint density at radius 2 is 1.83 bits per heavy atom. The Kier molecular flexibility index (Phi) is 5.10. The van der Waals surface area contributed by atoms with Crippen molar-refractivity contribution < 1.29 is 8.42 Å². The SMILES string of the molecule is CCNc1cc(NCCNS(C)(=O)=O)nc(N)n1. The van der Waals surface area contributed by atoms with Crippen LogP contribution in [-0.2, 0) is 10.0 Å². The topological polar surface area (TPSA) is 122 Å². The van der Waals surface area contributed by atoms with Gasteiger partial charge in [-0.2, -0.15) is 9.97 Å². The number of rotatable bonds is 7. The van der Waals surface area contributed by atoms with Crippen molar-refractivity contribution >= 4 is 27.6 Å². The highest BCUT2D eigenvalue weighted by molar-refractivity contribution is 7.88. The van der Waals surface area contributed by atoms with Crippen LogP contribution in [-0.4, -0.2) is 44.3 Å². The van der Waals surface area contributed by atoms with Gasteiger partial charge in [-0.15, -0.1) is 0 Å². The van der Waals surface area contributed by atoms with Crippen LogP contribution >= 0.6 is 0 Å². The predicted octanol–water partition coefficient (Wildman–Crippen LogP) is -0.548. The molecule has 0 aliphatic carbocycles. The van der Waals surface area contributed by atoms with Gasteiger partial charge >= 0.3 is 0 Å². The largest absolute Gasteiger partial charge is 0.370 e. The first kappa shape index (κ1) is 14.5. The molecule has 9 heteroatoms. The van der Waals surface area contributed by atoms with Crippen LogP contribution in [0.25, 0.3) is 0 Å². The summed E-state index contributed by atoms with van der Waals surface area (Å²) in [5.41, 5.74) is 5.55. The van der Waals surface area contributed by atoms with E-state index in [1.807, 2.05) is 6.92 Å². The minimum absolute atomic E-state index is 0.159. The van der Waals surface area contributed by atoms with Crippen molar-refractivity contribution in [2.75, 3.05) is 42.3 Å². The highest BCUT2D eigenvalue weighted by Crippen LogP contribution is 2.11. The molecule has 0 fully saturated rings. The van der Waals surface area contributed by atoms with Crippen LogP contribution in [0, 0.1) is 0 Å². The molecular weight excluding hydrogens is 256 g/mol. The van der Waals surface area contributed by atoms with Gasteiger partial charge in [-0.3, -0.25) is 0 Å². The van der Waals surface area contributed by atoms with Gasteiger partial charge in [-0.25, -0.2) is 13.1 Å². The van der Waals surface area contributed by atoms with Crippen LogP contribution in [0.15, 0.2) is 6.07 Å². The second kappa shape index (κ2) is 6.36. The molecule has 102 valence electrons. The molecule has 0 amide bonds. The van der Waals surface area contributed by atoms with Gasteiger partial charge in [0.1, 0.15) is 11.6 Å². The van der Waals surface area contributed by atoms with Crippen molar-refractivity contribution in [1.82, 2.24) is 14.7 Å². The van der Waals surface area contributed by atoms with Gasteiger partial charge in [0.05, 0.1) is 6.26 Å². The van der Waals surface area contributed by atoms with Crippen LogP contribution in [0.3, 0.4) is 0 Å². The molecule has 0 unspecified atom stereocenters. The first-order chi connectivity index (χ1) is 8.40. The summed E-state index contributed by atoms with van der Waals surface area (Å²) in [7, 11) is -3.16. The van der Waals surface area contributed by atoms with Crippen molar-refractivity contribution in [2.24, 2.45) is 0 Å². The Morgan fingerprint density at radius 1 is 1.22 bits per heavy atom. The molecule has 5 N–H and O–H groups in total. The molecule has 1 rings (SSSR count). The van der Waals surface area contributed by atoms with E-state index in [1.54, 1.807) is 6.07 Å². The summed E-state index contributed by atoms with van der Waals surface area (Å²) in [6, 6.07) is 1.71. The van der Waals surface area contributed by atoms with E-state index < -0.39 is 10.0 Å². The number of nitrogens with two attached hydrogens (primary N) is 1. The average molecular weight is 274 g/mol. The predicted molar refractivity (Wildman–Crippen MR) is 71.9 cm³/mol. The van der Waals surface area contributed by atoms with Gasteiger partial charge in [-0.05, 0) is 6.92 Å². The summed E-state index contributed by atoms with van der Waals surface area (Å²) in [6.07, 6.45) is 1.11. The van der Waals surface area contributed by atoms with Crippen LogP contribution < -0.4 is 21.1 Å². The normalized spacial score (nSPS) is 11.2. The molecular formula is C9H18N6O2S. The lowest BCUT2D eigenvalue weighted by Crippen LogP contribution is -2.27. The molecule has 1 aromatic heterocycles. The van der Waals surface area contributed by atoms with Crippen LogP contribution in [0.2, 0.25) is 0 Å². The van der Waals surface area contributed by atoms with Crippen molar-refractivity contribution in [1.29, 1.82) is 0 Å². The van der Waals surface area contributed by atoms with Crippen LogP contribution in [0.4, 0.5) is 17.6 Å². The van der Waals surface area contributed by atoms with Gasteiger partial charge in [-0.1, -0.05) is 0 Å². The fraction of sp³-hybridized carbons (Fsp3) is 0.556. The van der Waals surface area contributed by atoms with E-state index in [0.717, 1.165) is 12.8 Å². The number of anilines is 3. The summed E-state index contributed by atoms with van der Waals surface area (Å²) < 4.78 is 24.0. The quantitative estimate of drug-likeness (QED) is 0.492. The third-order valence-electron chi connectivity index (χ3n) is 1.90. The molecule has 8 nitrogen and oxygen atoms in total. The molecule has 0 saturated heterocycles. The second-order valence-electron chi connectivity index (χ2n) is 3.62. The Balaban J connectivity index is 2.51. The smallest absolute Gasteiger partial charge is 0.223 e. The molecule has 0 aliphatic heterocycles. The van der Waals surface area contributed by atoms with Gasteiger partial charge < -0.3 is 16.4 Å².